The van der Waals surface area contributed by atoms with Crippen molar-refractivity contribution in [3.63, 3.8) is 0 Å². The van der Waals surface area contributed by atoms with Crippen molar-refractivity contribution in [2.24, 2.45) is 0 Å². The molecule has 0 unspecified atom stereocenters. The highest BCUT2D eigenvalue weighted by molar-refractivity contribution is 6.06. The van der Waals surface area contributed by atoms with Gasteiger partial charge in [0.15, 0.2) is 0 Å². The summed E-state index contributed by atoms with van der Waals surface area (Å²) in [6.07, 6.45) is 1.38. The molecule has 1 saturated heterocycles. The van der Waals surface area contributed by atoms with E-state index in [0.29, 0.717) is 5.82 Å². The average Bonchev–Trinajstić information content (AvgIpc) is 2.62. The van der Waals surface area contributed by atoms with Crippen LogP contribution in [0.2, 0.25) is 0 Å². The number of nitrogens with zero attached hydrogens (tertiary/aromatic N) is 5. The van der Waals surface area contributed by atoms with E-state index in [1.54, 1.807) is 12.1 Å². The van der Waals surface area contributed by atoms with Crippen molar-refractivity contribution in [1.29, 1.82) is 0 Å². The summed E-state index contributed by atoms with van der Waals surface area (Å²) in [7, 11) is 2.07. The fraction of sp³-hybridized carbons (Fsp3) is 0.312. The number of aromatic nitrogens is 2. The molecule has 25 heavy (non-hydrogen) atoms. The number of rotatable bonds is 4. The van der Waals surface area contributed by atoms with E-state index in [-0.39, 0.29) is 11.3 Å². The van der Waals surface area contributed by atoms with E-state index >= 15 is 0 Å². The zero-order chi connectivity index (χ0) is 17.8. The van der Waals surface area contributed by atoms with Crippen LogP contribution in [0.1, 0.15) is 10.4 Å². The molecule has 0 radical (unpaired) electrons. The first-order valence-electron chi connectivity index (χ1n) is 7.85. The van der Waals surface area contributed by atoms with Crippen LogP contribution >= 0.6 is 0 Å². The SMILES string of the molecule is CN1CCN(c2cc(NC(=O)c3ccccc3[N+](=O)[O-])ncn2)CC1. The quantitative estimate of drug-likeness (QED) is 0.661. The van der Waals surface area contributed by atoms with Crippen LogP contribution in [0, 0.1) is 10.1 Å². The molecule has 1 amide bonds. The Bertz CT molecular complexity index is 789. The zero-order valence-electron chi connectivity index (χ0n) is 13.8. The number of carbonyl (C=O) groups is 1. The van der Waals surface area contributed by atoms with E-state index in [4.69, 9.17) is 0 Å². The number of nitrogens with one attached hydrogen (secondary N) is 1. The van der Waals surface area contributed by atoms with Crippen LogP contribution in [-0.4, -0.2) is 58.9 Å². The van der Waals surface area contributed by atoms with Gasteiger partial charge in [0.2, 0.25) is 0 Å². The number of hydrogen-bond acceptors (Lipinski definition) is 7. The molecule has 130 valence electrons. The molecule has 9 nitrogen and oxygen atoms in total. The van der Waals surface area contributed by atoms with E-state index in [1.165, 1.54) is 24.5 Å². The predicted octanol–water partition coefficient (Wildman–Crippen LogP) is 1.39. The normalized spacial score (nSPS) is 15.0. The second-order valence-electron chi connectivity index (χ2n) is 5.78. The fourth-order valence-electron chi connectivity index (χ4n) is 2.63. The van der Waals surface area contributed by atoms with Crippen molar-refractivity contribution in [3.05, 3.63) is 52.3 Å². The highest BCUT2D eigenvalue weighted by atomic mass is 16.6. The Labute approximate surface area is 144 Å². The van der Waals surface area contributed by atoms with Gasteiger partial charge in [-0.25, -0.2) is 9.97 Å². The molecule has 1 aromatic carbocycles. The number of likely N-dealkylation sites (N-methyl/N-ethyl adjacent to an activating group) is 1. The first kappa shape index (κ1) is 16.8. The number of nitro groups is 1. The first-order chi connectivity index (χ1) is 12.0. The van der Waals surface area contributed by atoms with Crippen molar-refractivity contribution < 1.29 is 9.72 Å². The maximum absolute atomic E-state index is 12.4. The van der Waals surface area contributed by atoms with Gasteiger partial charge in [-0.1, -0.05) is 12.1 Å². The lowest BCUT2D eigenvalue weighted by atomic mass is 10.1. The molecule has 0 aliphatic carbocycles. The van der Waals surface area contributed by atoms with Crippen LogP contribution < -0.4 is 10.2 Å². The lowest BCUT2D eigenvalue weighted by Gasteiger charge is -2.33. The number of benzene rings is 1. The van der Waals surface area contributed by atoms with Gasteiger partial charge in [-0.15, -0.1) is 0 Å². The Morgan fingerprint density at radius 1 is 1.20 bits per heavy atom. The molecule has 0 saturated carbocycles. The highest BCUT2D eigenvalue weighted by Crippen LogP contribution is 2.20. The summed E-state index contributed by atoms with van der Waals surface area (Å²) in [5.41, 5.74) is -0.249. The van der Waals surface area contributed by atoms with Gasteiger partial charge in [-0.3, -0.25) is 14.9 Å². The standard InChI is InChI=1S/C16H18N6O3/c1-20-6-8-21(9-7-20)15-10-14(17-11-18-15)19-16(23)12-4-2-3-5-13(12)22(24)25/h2-5,10-11H,6-9H2,1H3,(H,17,18,19,23). The van der Waals surface area contributed by atoms with Crippen LogP contribution in [0.25, 0.3) is 0 Å². The summed E-state index contributed by atoms with van der Waals surface area (Å²) in [5.74, 6) is 0.461. The Morgan fingerprint density at radius 3 is 2.64 bits per heavy atom. The van der Waals surface area contributed by atoms with Gasteiger partial charge in [0.05, 0.1) is 4.92 Å². The lowest BCUT2D eigenvalue weighted by Crippen LogP contribution is -2.44. The average molecular weight is 342 g/mol. The summed E-state index contributed by atoms with van der Waals surface area (Å²) >= 11 is 0. The van der Waals surface area contributed by atoms with Crippen LogP contribution in [0.4, 0.5) is 17.3 Å². The summed E-state index contributed by atoms with van der Waals surface area (Å²) in [5, 5.41) is 13.7. The van der Waals surface area contributed by atoms with Gasteiger partial charge in [0.1, 0.15) is 23.5 Å². The van der Waals surface area contributed by atoms with Crippen molar-refractivity contribution in [2.75, 3.05) is 43.4 Å². The number of anilines is 2. The van der Waals surface area contributed by atoms with Crippen LogP contribution in [0.5, 0.6) is 0 Å². The minimum absolute atomic E-state index is 0.00717. The fourth-order valence-corrected chi connectivity index (χ4v) is 2.63. The number of piperazine rings is 1. The first-order valence-corrected chi connectivity index (χ1v) is 7.85. The third-order valence-electron chi connectivity index (χ3n) is 4.07. The monoisotopic (exact) mass is 342 g/mol. The number of nitro benzene ring substituents is 1. The van der Waals surface area contributed by atoms with Gasteiger partial charge in [-0.05, 0) is 13.1 Å². The highest BCUT2D eigenvalue weighted by Gasteiger charge is 2.20. The zero-order valence-corrected chi connectivity index (χ0v) is 13.8. The van der Waals surface area contributed by atoms with Gasteiger partial charge < -0.3 is 15.1 Å². The van der Waals surface area contributed by atoms with Crippen LogP contribution in [0.3, 0.4) is 0 Å². The largest absolute Gasteiger partial charge is 0.354 e. The van der Waals surface area contributed by atoms with Gasteiger partial charge in [-0.2, -0.15) is 0 Å². The molecule has 2 heterocycles. The van der Waals surface area contributed by atoms with E-state index in [9.17, 15) is 14.9 Å². The molecule has 0 atom stereocenters. The van der Waals surface area contributed by atoms with E-state index < -0.39 is 10.8 Å². The van der Waals surface area contributed by atoms with E-state index in [1.807, 2.05) is 0 Å². The Balaban J connectivity index is 1.76. The van der Waals surface area contributed by atoms with Crippen molar-refractivity contribution in [3.8, 4) is 0 Å². The third-order valence-corrected chi connectivity index (χ3v) is 4.07. The molecule has 1 aromatic heterocycles. The van der Waals surface area contributed by atoms with E-state index in [0.717, 1.165) is 32.0 Å². The summed E-state index contributed by atoms with van der Waals surface area (Å²) in [6.45, 7) is 3.54. The van der Waals surface area contributed by atoms with Gasteiger partial charge in [0.25, 0.3) is 11.6 Å². The third kappa shape index (κ3) is 3.89. The molecule has 1 N–H and O–H groups in total. The lowest BCUT2D eigenvalue weighted by molar-refractivity contribution is -0.385. The minimum atomic E-state index is -0.579. The maximum atomic E-state index is 12.4. The number of para-hydroxylation sites is 1. The number of carbonyl (C=O) groups excluding carboxylic acids is 1. The molecule has 3 rings (SSSR count). The molecular weight excluding hydrogens is 324 g/mol. The van der Waals surface area contributed by atoms with Crippen LogP contribution in [0.15, 0.2) is 36.7 Å². The second kappa shape index (κ2) is 7.22. The molecule has 1 fully saturated rings. The Kier molecular flexibility index (Phi) is 4.85. The smallest absolute Gasteiger partial charge is 0.282 e. The summed E-state index contributed by atoms with van der Waals surface area (Å²) in [4.78, 5) is 35.5. The van der Waals surface area contributed by atoms with Gasteiger partial charge in [0, 0.05) is 38.3 Å². The molecule has 2 aromatic rings. The minimum Gasteiger partial charge on any atom is -0.354 e. The summed E-state index contributed by atoms with van der Waals surface area (Å²) in [6, 6.07) is 7.49. The topological polar surface area (TPSA) is 104 Å². The number of amides is 1. The predicted molar refractivity (Wildman–Crippen MR) is 92.8 cm³/mol. The van der Waals surface area contributed by atoms with Gasteiger partial charge >= 0.3 is 0 Å². The molecular formula is C16H18N6O3. The Hall–Kier alpha value is -3.07. The van der Waals surface area contributed by atoms with Crippen LogP contribution in [-0.2, 0) is 0 Å². The molecule has 1 aliphatic rings. The number of hydrogen-bond donors (Lipinski definition) is 1. The van der Waals surface area contributed by atoms with Crippen molar-refractivity contribution >= 4 is 23.2 Å². The molecule has 0 bridgehead atoms. The molecule has 0 spiro atoms. The van der Waals surface area contributed by atoms with Crippen molar-refractivity contribution in [1.82, 2.24) is 14.9 Å². The summed E-state index contributed by atoms with van der Waals surface area (Å²) < 4.78 is 0. The second-order valence-corrected chi connectivity index (χ2v) is 5.78. The molecule has 9 heteroatoms. The maximum Gasteiger partial charge on any atom is 0.282 e. The van der Waals surface area contributed by atoms with Crippen molar-refractivity contribution in [2.45, 2.75) is 0 Å². The Morgan fingerprint density at radius 2 is 1.92 bits per heavy atom. The molecule has 1 aliphatic heterocycles. The van der Waals surface area contributed by atoms with E-state index in [2.05, 4.69) is 32.1 Å².